The standard InChI is InChI=1S/C35H60N2O4.C24H45N3O3/c1-24(38)40-32-21-26-13-14-27-28(35(26,4)23-31(32)37(6)19-11-8-12-20-37)15-16-34(3)29(27)22-30(33(34)41-25(2)39)36(5)17-9-7-10-18-36;1-7-25(8-2)16-19-28-22-14-13-15-23(29-20-17-26(9-3)10-4)24(22)30-21-18-27(11-5)12-6/h26-33H,7-23H2,1-6H3;13-15H,7-12,16-21H2,1-6H3/q+2;/t26-,27+,28-,29-,30-,31-,32-,33-,34-,35-;/m0./s1. The van der Waals surface area contributed by atoms with E-state index in [1.54, 1.807) is 13.8 Å². The number of hydrogen-bond acceptors (Lipinski definition) is 10. The van der Waals surface area contributed by atoms with E-state index in [9.17, 15) is 9.59 Å². The Morgan fingerprint density at radius 2 is 1.07 bits per heavy atom. The summed E-state index contributed by atoms with van der Waals surface area (Å²) in [6.07, 6.45) is 16.4. The Morgan fingerprint density at radius 3 is 1.55 bits per heavy atom. The summed E-state index contributed by atoms with van der Waals surface area (Å²) in [5, 5.41) is 0. The topological polar surface area (TPSA) is 90.0 Å². The van der Waals surface area contributed by atoms with E-state index in [2.05, 4.69) is 84.2 Å². The van der Waals surface area contributed by atoms with Crippen LogP contribution in [-0.4, -0.2) is 179 Å². The maximum absolute atomic E-state index is 12.5. The van der Waals surface area contributed by atoms with Crippen molar-refractivity contribution in [2.75, 3.05) is 119 Å². The van der Waals surface area contributed by atoms with Crippen molar-refractivity contribution in [3.63, 3.8) is 0 Å². The molecule has 1 aromatic rings. The molecule has 4 saturated carbocycles. The molecule has 2 heterocycles. The van der Waals surface area contributed by atoms with Crippen LogP contribution >= 0.6 is 0 Å². The third-order valence-electron chi connectivity index (χ3n) is 20.1. The van der Waals surface area contributed by atoms with E-state index in [-0.39, 0.29) is 29.6 Å². The van der Waals surface area contributed by atoms with Gasteiger partial charge in [-0.15, -0.1) is 0 Å². The number of quaternary nitrogens is 2. The Bertz CT molecular complexity index is 1760. The molecule has 1 aromatic carbocycles. The summed E-state index contributed by atoms with van der Waals surface area (Å²) in [6, 6.07) is 6.79. The van der Waals surface area contributed by atoms with Crippen LogP contribution in [0.4, 0.5) is 0 Å². The number of rotatable bonds is 22. The highest BCUT2D eigenvalue weighted by atomic mass is 16.6. The van der Waals surface area contributed by atoms with Gasteiger partial charge in [0.1, 0.15) is 31.9 Å². The van der Waals surface area contributed by atoms with E-state index >= 15 is 0 Å². The highest BCUT2D eigenvalue weighted by Crippen LogP contribution is 2.68. The van der Waals surface area contributed by atoms with E-state index in [0.29, 0.717) is 55.1 Å². The van der Waals surface area contributed by atoms with Gasteiger partial charge in [-0.2, -0.15) is 0 Å². The van der Waals surface area contributed by atoms with Crippen LogP contribution in [0.5, 0.6) is 17.2 Å². The minimum atomic E-state index is -0.0998. The summed E-state index contributed by atoms with van der Waals surface area (Å²) >= 11 is 0. The quantitative estimate of drug-likeness (QED) is 0.0827. The number of carbonyl (C=O) groups excluding carboxylic acids is 2. The molecule has 0 unspecified atom stereocenters. The van der Waals surface area contributed by atoms with Crippen LogP contribution in [0.1, 0.15) is 153 Å². The first-order valence-electron chi connectivity index (χ1n) is 29.2. The normalized spacial score (nSPS) is 31.9. The molecule has 0 radical (unpaired) electrons. The van der Waals surface area contributed by atoms with Gasteiger partial charge in [0.05, 0.1) is 40.3 Å². The highest BCUT2D eigenvalue weighted by Gasteiger charge is 2.68. The van der Waals surface area contributed by atoms with Crippen LogP contribution < -0.4 is 14.2 Å². The number of likely N-dealkylation sites (N-methyl/N-ethyl adjacent to an activating group) is 5. The Labute approximate surface area is 433 Å². The van der Waals surface area contributed by atoms with E-state index in [1.165, 1.54) is 103 Å². The second-order valence-electron chi connectivity index (χ2n) is 23.9. The molecule has 12 heteroatoms. The Morgan fingerprint density at radius 1 is 0.592 bits per heavy atom. The molecule has 0 aromatic heterocycles. The summed E-state index contributed by atoms with van der Waals surface area (Å²) in [4.78, 5) is 31.9. The summed E-state index contributed by atoms with van der Waals surface area (Å²) in [5.41, 5.74) is 0.377. The number of benzene rings is 1. The third-order valence-corrected chi connectivity index (χ3v) is 20.1. The molecule has 10 atom stereocenters. The van der Waals surface area contributed by atoms with Gasteiger partial charge in [0.15, 0.2) is 23.7 Å². The Balaban J connectivity index is 0.000000246. The largest absolute Gasteiger partial charge is 0.488 e. The van der Waals surface area contributed by atoms with Gasteiger partial charge in [-0.1, -0.05) is 61.5 Å². The molecule has 4 aliphatic carbocycles. The SMILES string of the molecule is CC(=O)O[C@H]1C[C@@H]2CC[C@@H]3[C@H](CC[C@@]4(C)[C@H]3C[C@H]([N+]3(C)CCCCC3)[C@@H]4OC(C)=O)[C@@]2(C)C[C@@H]1[N+]1(C)CCCCC1.CCN(CC)CCOc1cccc(OCCN(CC)CC)c1OCCN(CC)CC. The van der Waals surface area contributed by atoms with Crippen LogP contribution in [0.15, 0.2) is 18.2 Å². The summed E-state index contributed by atoms with van der Waals surface area (Å²) in [7, 11) is 4.94. The fourth-order valence-corrected chi connectivity index (χ4v) is 15.6. The maximum Gasteiger partial charge on any atom is 0.303 e. The molecule has 6 aliphatic rings. The molecule has 0 amide bonds. The number of nitrogens with zero attached hydrogens (tertiary/aromatic N) is 5. The second-order valence-corrected chi connectivity index (χ2v) is 23.9. The van der Waals surface area contributed by atoms with E-state index in [1.807, 2.05) is 18.2 Å². The van der Waals surface area contributed by atoms with Crippen molar-refractivity contribution in [3.8, 4) is 17.2 Å². The van der Waals surface area contributed by atoms with Crippen LogP contribution in [0.25, 0.3) is 0 Å². The van der Waals surface area contributed by atoms with E-state index in [0.717, 1.165) is 97.5 Å². The van der Waals surface area contributed by atoms with Gasteiger partial charge in [-0.25, -0.2) is 0 Å². The van der Waals surface area contributed by atoms with Gasteiger partial charge in [0.25, 0.3) is 0 Å². The molecule has 7 rings (SSSR count). The average Bonchev–Trinajstić information content (AvgIpc) is 3.66. The van der Waals surface area contributed by atoms with Crippen molar-refractivity contribution in [2.45, 2.75) is 177 Å². The van der Waals surface area contributed by atoms with E-state index < -0.39 is 0 Å². The summed E-state index contributed by atoms with van der Waals surface area (Å²) in [6.45, 7) is 37.1. The number of fused-ring (bicyclic) bond motifs is 5. The van der Waals surface area contributed by atoms with Crippen LogP contribution in [0.2, 0.25) is 0 Å². The first-order valence-corrected chi connectivity index (χ1v) is 29.2. The predicted molar refractivity (Wildman–Crippen MR) is 287 cm³/mol. The molecule has 0 spiro atoms. The molecule has 2 aliphatic heterocycles. The summed E-state index contributed by atoms with van der Waals surface area (Å²) < 4.78 is 33.2. The molecule has 2 saturated heterocycles. The lowest BCUT2D eigenvalue weighted by atomic mass is 9.44. The number of esters is 2. The number of ether oxygens (including phenoxy) is 5. The van der Waals surface area contributed by atoms with Crippen molar-refractivity contribution in [2.24, 2.45) is 34.5 Å². The van der Waals surface area contributed by atoms with Crippen molar-refractivity contribution in [1.29, 1.82) is 0 Å². The smallest absolute Gasteiger partial charge is 0.303 e. The first kappa shape index (κ1) is 57.6. The Hall–Kier alpha value is -2.64. The zero-order valence-corrected chi connectivity index (χ0v) is 47.5. The minimum absolute atomic E-state index is 0.0462. The molecule has 0 N–H and O–H groups in total. The molecule has 12 nitrogen and oxygen atoms in total. The molecular formula is C59H105N5O7+2. The molecule has 0 bridgehead atoms. The van der Waals surface area contributed by atoms with Gasteiger partial charge >= 0.3 is 11.9 Å². The molecule has 71 heavy (non-hydrogen) atoms. The van der Waals surface area contributed by atoms with Crippen LogP contribution in [-0.2, 0) is 19.1 Å². The maximum atomic E-state index is 12.5. The highest BCUT2D eigenvalue weighted by molar-refractivity contribution is 5.66. The molecular weight excluding hydrogens is 891 g/mol. The lowest BCUT2D eigenvalue weighted by Crippen LogP contribution is -2.66. The van der Waals surface area contributed by atoms with Gasteiger partial charge in [-0.3, -0.25) is 9.59 Å². The zero-order valence-electron chi connectivity index (χ0n) is 47.5. The second kappa shape index (κ2) is 26.2. The lowest BCUT2D eigenvalue weighted by molar-refractivity contribution is -0.943. The zero-order chi connectivity index (χ0) is 51.4. The monoisotopic (exact) mass is 996 g/mol. The van der Waals surface area contributed by atoms with Crippen LogP contribution in [0.3, 0.4) is 0 Å². The number of hydrogen-bond donors (Lipinski definition) is 0. The fourth-order valence-electron chi connectivity index (χ4n) is 15.6. The van der Waals surface area contributed by atoms with Gasteiger partial charge in [0, 0.05) is 51.7 Å². The summed E-state index contributed by atoms with van der Waals surface area (Å²) in [5.74, 6) is 4.78. The molecule has 406 valence electrons. The van der Waals surface area contributed by atoms with Crippen molar-refractivity contribution in [1.82, 2.24) is 14.7 Å². The van der Waals surface area contributed by atoms with Crippen LogP contribution in [0, 0.1) is 34.5 Å². The van der Waals surface area contributed by atoms with Crippen molar-refractivity contribution < 1.29 is 42.2 Å². The van der Waals surface area contributed by atoms with E-state index in [4.69, 9.17) is 23.7 Å². The number of likely N-dealkylation sites (tertiary alicyclic amines) is 2. The van der Waals surface area contributed by atoms with Crippen molar-refractivity contribution in [3.05, 3.63) is 18.2 Å². The minimum Gasteiger partial charge on any atom is -0.488 e. The third kappa shape index (κ3) is 13.6. The predicted octanol–water partition coefficient (Wildman–Crippen LogP) is 9.96. The van der Waals surface area contributed by atoms with Gasteiger partial charge in [-0.05, 0) is 151 Å². The average molecular weight is 997 g/mol. The number of carbonyl (C=O) groups is 2. The fraction of sp³-hybridized carbons (Fsp3) is 0.864. The first-order chi connectivity index (χ1) is 34.0. The molecule has 6 fully saturated rings. The van der Waals surface area contributed by atoms with Crippen molar-refractivity contribution >= 4 is 11.9 Å². The Kier molecular flexibility index (Phi) is 21.3. The van der Waals surface area contributed by atoms with Gasteiger partial charge in [0.2, 0.25) is 5.75 Å². The number of piperidine rings is 2. The number of para-hydroxylation sites is 1. The lowest BCUT2D eigenvalue weighted by Gasteiger charge is -2.63. The van der Waals surface area contributed by atoms with Gasteiger partial charge < -0.3 is 47.4 Å².